The van der Waals surface area contributed by atoms with Crippen LogP contribution in [0, 0.1) is 0 Å². The second-order valence-electron chi connectivity index (χ2n) is 2.94. The molecule has 0 spiro atoms. The first-order chi connectivity index (χ1) is 6.16. The second kappa shape index (κ2) is 2.65. The van der Waals surface area contributed by atoms with Crippen molar-refractivity contribution in [3.8, 4) is 11.5 Å². The summed E-state index contributed by atoms with van der Waals surface area (Å²) in [6, 6.07) is 4.62. The van der Waals surface area contributed by atoms with Gasteiger partial charge in [-0.15, -0.1) is 0 Å². The van der Waals surface area contributed by atoms with Gasteiger partial charge in [-0.05, 0) is 11.6 Å². The summed E-state index contributed by atoms with van der Waals surface area (Å²) in [5.74, 6) is -0.423. The van der Waals surface area contributed by atoms with Gasteiger partial charge in [-0.3, -0.25) is 0 Å². The standard InChI is InChI=1S/C9H8O4/c10-6-2-1-5-3-8(9(11)12)13-7(5)4-6/h1-2,4,8,10H,3H2,(H,11,12)/t8-/m1/s1. The fourth-order valence-corrected chi connectivity index (χ4v) is 1.35. The lowest BCUT2D eigenvalue weighted by Gasteiger charge is -2.03. The smallest absolute Gasteiger partial charge is 0.345 e. The summed E-state index contributed by atoms with van der Waals surface area (Å²) in [6.45, 7) is 0. The molecule has 4 heteroatoms. The van der Waals surface area contributed by atoms with E-state index in [1.54, 1.807) is 6.07 Å². The minimum atomic E-state index is -0.976. The number of carboxylic acids is 1. The molecule has 2 rings (SSSR count). The first-order valence-electron chi connectivity index (χ1n) is 3.88. The Hall–Kier alpha value is -1.71. The zero-order valence-electron chi connectivity index (χ0n) is 6.73. The highest BCUT2D eigenvalue weighted by Crippen LogP contribution is 2.31. The van der Waals surface area contributed by atoms with Crippen molar-refractivity contribution in [2.45, 2.75) is 12.5 Å². The third-order valence-corrected chi connectivity index (χ3v) is 2.00. The second-order valence-corrected chi connectivity index (χ2v) is 2.94. The van der Waals surface area contributed by atoms with Crippen LogP contribution < -0.4 is 4.74 Å². The van der Waals surface area contributed by atoms with E-state index < -0.39 is 12.1 Å². The monoisotopic (exact) mass is 180 g/mol. The van der Waals surface area contributed by atoms with Gasteiger partial charge < -0.3 is 14.9 Å². The average molecular weight is 180 g/mol. The number of hydrogen-bond donors (Lipinski definition) is 2. The normalized spacial score (nSPS) is 19.2. The van der Waals surface area contributed by atoms with Crippen LogP contribution >= 0.6 is 0 Å². The first kappa shape index (κ1) is 7.91. The number of fused-ring (bicyclic) bond motifs is 1. The summed E-state index contributed by atoms with van der Waals surface area (Å²) < 4.78 is 5.09. The molecule has 2 N–H and O–H groups in total. The van der Waals surface area contributed by atoms with Gasteiger partial charge in [0.1, 0.15) is 11.5 Å². The predicted octanol–water partition coefficient (Wildman–Crippen LogP) is 0.780. The van der Waals surface area contributed by atoms with Gasteiger partial charge in [0.15, 0.2) is 6.10 Å². The van der Waals surface area contributed by atoms with Crippen molar-refractivity contribution in [1.29, 1.82) is 0 Å². The van der Waals surface area contributed by atoms with Crippen molar-refractivity contribution in [3.63, 3.8) is 0 Å². The van der Waals surface area contributed by atoms with E-state index in [0.29, 0.717) is 12.2 Å². The van der Waals surface area contributed by atoms with Crippen LogP contribution in [0.15, 0.2) is 18.2 Å². The van der Waals surface area contributed by atoms with Crippen molar-refractivity contribution in [2.24, 2.45) is 0 Å². The highest BCUT2D eigenvalue weighted by Gasteiger charge is 2.28. The minimum absolute atomic E-state index is 0.0878. The summed E-state index contributed by atoms with van der Waals surface area (Å²) in [7, 11) is 0. The van der Waals surface area contributed by atoms with E-state index in [4.69, 9.17) is 14.9 Å². The van der Waals surface area contributed by atoms with Crippen molar-refractivity contribution in [2.75, 3.05) is 0 Å². The third kappa shape index (κ3) is 1.30. The lowest BCUT2D eigenvalue weighted by Crippen LogP contribution is -2.24. The maximum absolute atomic E-state index is 10.6. The summed E-state index contributed by atoms with van der Waals surface area (Å²) in [6.07, 6.45) is -0.443. The van der Waals surface area contributed by atoms with Crippen LogP contribution in [0.5, 0.6) is 11.5 Å². The fourth-order valence-electron chi connectivity index (χ4n) is 1.35. The van der Waals surface area contributed by atoms with Gasteiger partial charge in [0.25, 0.3) is 0 Å². The number of carbonyl (C=O) groups is 1. The lowest BCUT2D eigenvalue weighted by molar-refractivity contribution is -0.144. The SMILES string of the molecule is O=C(O)[C@H]1Cc2ccc(O)cc2O1. The molecule has 1 aromatic carbocycles. The molecule has 0 aromatic heterocycles. The van der Waals surface area contributed by atoms with E-state index in [1.165, 1.54) is 12.1 Å². The molecule has 1 aliphatic rings. The Labute approximate surface area is 74.4 Å². The molecule has 0 fully saturated rings. The van der Waals surface area contributed by atoms with Crippen LogP contribution in [0.25, 0.3) is 0 Å². The van der Waals surface area contributed by atoms with E-state index in [1.807, 2.05) is 0 Å². The number of hydrogen-bond acceptors (Lipinski definition) is 3. The highest BCUT2D eigenvalue weighted by atomic mass is 16.5. The molecule has 0 unspecified atom stereocenters. The van der Waals surface area contributed by atoms with E-state index in [0.717, 1.165) is 5.56 Å². The molecular weight excluding hydrogens is 172 g/mol. The number of carboxylic acid groups (broad SMARTS) is 1. The van der Waals surface area contributed by atoms with Gasteiger partial charge in [0.05, 0.1) is 0 Å². The lowest BCUT2D eigenvalue weighted by atomic mass is 10.1. The molecule has 0 amide bonds. The third-order valence-electron chi connectivity index (χ3n) is 2.00. The Kier molecular flexibility index (Phi) is 1.62. The molecule has 0 radical (unpaired) electrons. The quantitative estimate of drug-likeness (QED) is 0.670. The highest BCUT2D eigenvalue weighted by molar-refractivity contribution is 5.74. The number of benzene rings is 1. The molecule has 68 valence electrons. The van der Waals surface area contributed by atoms with Crippen LogP contribution in [0.3, 0.4) is 0 Å². The van der Waals surface area contributed by atoms with Crippen LogP contribution in [-0.4, -0.2) is 22.3 Å². The van der Waals surface area contributed by atoms with Crippen LogP contribution in [0.2, 0.25) is 0 Å². The molecule has 1 atom stereocenters. The topological polar surface area (TPSA) is 66.8 Å². The summed E-state index contributed by atoms with van der Waals surface area (Å²) in [4.78, 5) is 10.6. The average Bonchev–Trinajstić information content (AvgIpc) is 2.46. The molecule has 4 nitrogen and oxygen atoms in total. The maximum atomic E-state index is 10.6. The summed E-state index contributed by atoms with van der Waals surface area (Å²) >= 11 is 0. The molecule has 1 aromatic rings. The molecule has 0 saturated heterocycles. The van der Waals surface area contributed by atoms with E-state index in [-0.39, 0.29) is 5.75 Å². The number of aromatic hydroxyl groups is 1. The van der Waals surface area contributed by atoms with Gasteiger partial charge in [-0.25, -0.2) is 4.79 Å². The van der Waals surface area contributed by atoms with Crippen LogP contribution in [0.1, 0.15) is 5.56 Å². The largest absolute Gasteiger partial charge is 0.508 e. The Morgan fingerprint density at radius 1 is 1.54 bits per heavy atom. The number of phenolic OH excluding ortho intramolecular Hbond substituents is 1. The van der Waals surface area contributed by atoms with E-state index in [9.17, 15) is 4.79 Å². The maximum Gasteiger partial charge on any atom is 0.345 e. The number of aliphatic carboxylic acids is 1. The predicted molar refractivity (Wildman–Crippen MR) is 43.9 cm³/mol. The molecule has 0 bridgehead atoms. The summed E-state index contributed by atoms with van der Waals surface area (Å²) in [5.41, 5.74) is 0.824. The Balaban J connectivity index is 2.30. The number of phenols is 1. The van der Waals surface area contributed by atoms with Crippen molar-refractivity contribution in [1.82, 2.24) is 0 Å². The van der Waals surface area contributed by atoms with Crippen molar-refractivity contribution < 1.29 is 19.7 Å². The Morgan fingerprint density at radius 3 is 3.00 bits per heavy atom. The Morgan fingerprint density at radius 2 is 2.31 bits per heavy atom. The van der Waals surface area contributed by atoms with Crippen LogP contribution in [-0.2, 0) is 11.2 Å². The van der Waals surface area contributed by atoms with E-state index >= 15 is 0 Å². The van der Waals surface area contributed by atoms with Gasteiger partial charge in [0.2, 0.25) is 0 Å². The molecule has 0 aliphatic carbocycles. The zero-order valence-corrected chi connectivity index (χ0v) is 6.73. The number of rotatable bonds is 1. The van der Waals surface area contributed by atoms with E-state index in [2.05, 4.69) is 0 Å². The van der Waals surface area contributed by atoms with Crippen molar-refractivity contribution >= 4 is 5.97 Å². The number of ether oxygens (including phenoxy) is 1. The molecule has 1 heterocycles. The fraction of sp³-hybridized carbons (Fsp3) is 0.222. The van der Waals surface area contributed by atoms with Gasteiger partial charge in [-0.1, -0.05) is 6.07 Å². The molecule has 1 aliphatic heterocycles. The zero-order chi connectivity index (χ0) is 9.42. The Bertz CT molecular complexity index is 359. The van der Waals surface area contributed by atoms with Crippen molar-refractivity contribution in [3.05, 3.63) is 23.8 Å². The first-order valence-corrected chi connectivity index (χ1v) is 3.88. The van der Waals surface area contributed by atoms with Gasteiger partial charge in [0, 0.05) is 12.5 Å². The van der Waals surface area contributed by atoms with Gasteiger partial charge in [-0.2, -0.15) is 0 Å². The van der Waals surface area contributed by atoms with Gasteiger partial charge >= 0.3 is 5.97 Å². The molecule has 13 heavy (non-hydrogen) atoms. The molecular formula is C9H8O4. The summed E-state index contributed by atoms with van der Waals surface area (Å²) in [5, 5.41) is 17.8. The van der Waals surface area contributed by atoms with Crippen LogP contribution in [0.4, 0.5) is 0 Å². The molecule has 0 saturated carbocycles. The minimum Gasteiger partial charge on any atom is -0.508 e.